The van der Waals surface area contributed by atoms with Crippen LogP contribution in [0.3, 0.4) is 0 Å². The summed E-state index contributed by atoms with van der Waals surface area (Å²) in [5, 5.41) is 2.98. The summed E-state index contributed by atoms with van der Waals surface area (Å²) in [6.07, 6.45) is 2.60. The van der Waals surface area contributed by atoms with E-state index < -0.39 is 0 Å². The molecule has 0 bridgehead atoms. The van der Waals surface area contributed by atoms with Gasteiger partial charge in [-0.15, -0.1) is 0 Å². The first-order valence-corrected chi connectivity index (χ1v) is 7.12. The highest BCUT2D eigenvalue weighted by Crippen LogP contribution is 2.24. The summed E-state index contributed by atoms with van der Waals surface area (Å²) in [5.74, 6) is 0.0120. The van der Waals surface area contributed by atoms with Crippen molar-refractivity contribution in [3.63, 3.8) is 0 Å². The van der Waals surface area contributed by atoms with Gasteiger partial charge in [0, 0.05) is 29.2 Å². The first-order chi connectivity index (χ1) is 8.58. The van der Waals surface area contributed by atoms with Gasteiger partial charge in [-0.05, 0) is 44.5 Å². The molecule has 0 spiro atoms. The minimum Gasteiger partial charge on any atom is -0.351 e. The quantitative estimate of drug-likeness (QED) is 0.906. The van der Waals surface area contributed by atoms with Crippen LogP contribution in [0.4, 0.5) is 0 Å². The average molecular weight is 311 g/mol. The maximum atomic E-state index is 12.0. The molecule has 1 aliphatic carbocycles. The van der Waals surface area contributed by atoms with Gasteiger partial charge < -0.3 is 10.2 Å². The topological polar surface area (TPSA) is 32.3 Å². The minimum absolute atomic E-state index is 0.0120. The van der Waals surface area contributed by atoms with E-state index in [1.165, 1.54) is 12.8 Å². The average Bonchev–Trinajstić information content (AvgIpc) is 3.16. The van der Waals surface area contributed by atoms with Gasteiger partial charge in [0.25, 0.3) is 5.91 Å². The smallest absolute Gasteiger partial charge is 0.251 e. The number of rotatable bonds is 5. The van der Waals surface area contributed by atoms with Crippen LogP contribution in [0, 0.1) is 6.92 Å². The number of nitrogens with zero attached hydrogens (tertiary/aromatic N) is 1. The second kappa shape index (κ2) is 5.85. The number of hydrogen-bond donors (Lipinski definition) is 1. The van der Waals surface area contributed by atoms with E-state index in [4.69, 9.17) is 0 Å². The van der Waals surface area contributed by atoms with Gasteiger partial charge in [-0.2, -0.15) is 0 Å². The van der Waals surface area contributed by atoms with Crippen LogP contribution in [0.25, 0.3) is 0 Å². The highest BCUT2D eigenvalue weighted by molar-refractivity contribution is 9.10. The highest BCUT2D eigenvalue weighted by atomic mass is 79.9. The van der Waals surface area contributed by atoms with Gasteiger partial charge in [-0.25, -0.2) is 0 Å². The molecule has 0 radical (unpaired) electrons. The highest BCUT2D eigenvalue weighted by Gasteiger charge is 2.25. The van der Waals surface area contributed by atoms with E-state index >= 15 is 0 Å². The number of halogens is 1. The first kappa shape index (κ1) is 13.6. The summed E-state index contributed by atoms with van der Waals surface area (Å²) < 4.78 is 0.938. The third-order valence-electron chi connectivity index (χ3n) is 3.36. The molecule has 3 nitrogen and oxygen atoms in total. The molecule has 4 heteroatoms. The molecule has 18 heavy (non-hydrogen) atoms. The lowest BCUT2D eigenvalue weighted by Gasteiger charge is -2.16. The lowest BCUT2D eigenvalue weighted by molar-refractivity contribution is 0.0949. The molecule has 1 amide bonds. The van der Waals surface area contributed by atoms with Crippen LogP contribution in [0.5, 0.6) is 0 Å². The van der Waals surface area contributed by atoms with E-state index in [0.717, 1.165) is 28.2 Å². The van der Waals surface area contributed by atoms with Crippen LogP contribution < -0.4 is 5.32 Å². The van der Waals surface area contributed by atoms with Gasteiger partial charge in [0.2, 0.25) is 0 Å². The molecule has 1 saturated carbocycles. The van der Waals surface area contributed by atoms with Gasteiger partial charge in [-0.3, -0.25) is 4.79 Å². The predicted molar refractivity (Wildman–Crippen MR) is 76.9 cm³/mol. The third kappa shape index (κ3) is 3.56. The van der Waals surface area contributed by atoms with Crippen LogP contribution >= 0.6 is 15.9 Å². The van der Waals surface area contributed by atoms with Crippen molar-refractivity contribution in [3.8, 4) is 0 Å². The molecular formula is C14H19BrN2O. The van der Waals surface area contributed by atoms with Gasteiger partial charge in [0.1, 0.15) is 0 Å². The largest absolute Gasteiger partial charge is 0.351 e. The number of aryl methyl sites for hydroxylation is 1. The van der Waals surface area contributed by atoms with Crippen molar-refractivity contribution in [3.05, 3.63) is 33.8 Å². The van der Waals surface area contributed by atoms with Crippen LogP contribution in [0.15, 0.2) is 22.7 Å². The van der Waals surface area contributed by atoms with Gasteiger partial charge >= 0.3 is 0 Å². The van der Waals surface area contributed by atoms with Crippen molar-refractivity contribution < 1.29 is 4.79 Å². The molecule has 1 aromatic carbocycles. The summed E-state index contributed by atoms with van der Waals surface area (Å²) in [7, 11) is 2.12. The summed E-state index contributed by atoms with van der Waals surface area (Å²) in [6.45, 7) is 3.58. The normalized spacial score (nSPS) is 14.9. The van der Waals surface area contributed by atoms with E-state index in [-0.39, 0.29) is 5.91 Å². The molecule has 0 saturated heterocycles. The van der Waals surface area contributed by atoms with Gasteiger partial charge in [0.05, 0.1) is 0 Å². The number of benzene rings is 1. The standard InChI is InChI=1S/C14H19BrN2O/c1-10-3-4-11(15)9-13(10)14(18)16-7-8-17(2)12-5-6-12/h3-4,9,12H,5-8H2,1-2H3,(H,16,18). The molecular weight excluding hydrogens is 292 g/mol. The minimum atomic E-state index is 0.0120. The zero-order valence-corrected chi connectivity index (χ0v) is 12.5. The number of carbonyl (C=O) groups excluding carboxylic acids is 1. The van der Waals surface area contributed by atoms with E-state index in [1.807, 2.05) is 25.1 Å². The van der Waals surface area contributed by atoms with E-state index in [2.05, 4.69) is 33.2 Å². The fourth-order valence-electron chi connectivity index (χ4n) is 1.98. The maximum Gasteiger partial charge on any atom is 0.251 e. The Kier molecular flexibility index (Phi) is 4.40. The van der Waals surface area contributed by atoms with Crippen molar-refractivity contribution in [1.82, 2.24) is 10.2 Å². The lowest BCUT2D eigenvalue weighted by atomic mass is 10.1. The Morgan fingerprint density at radius 2 is 2.22 bits per heavy atom. The number of hydrogen-bond acceptors (Lipinski definition) is 2. The number of amides is 1. The molecule has 1 aromatic rings. The van der Waals surface area contributed by atoms with E-state index in [1.54, 1.807) is 0 Å². The van der Waals surface area contributed by atoms with Crippen molar-refractivity contribution in [2.75, 3.05) is 20.1 Å². The SMILES string of the molecule is Cc1ccc(Br)cc1C(=O)NCCN(C)C1CC1. The van der Waals surface area contributed by atoms with Crippen molar-refractivity contribution in [1.29, 1.82) is 0 Å². The summed E-state index contributed by atoms with van der Waals surface area (Å²) in [6, 6.07) is 6.52. The molecule has 2 rings (SSSR count). The molecule has 0 aromatic heterocycles. The lowest BCUT2D eigenvalue weighted by Crippen LogP contribution is -2.34. The molecule has 98 valence electrons. The van der Waals surface area contributed by atoms with Crippen LogP contribution in [0.2, 0.25) is 0 Å². The second-order valence-electron chi connectivity index (χ2n) is 4.93. The van der Waals surface area contributed by atoms with Gasteiger partial charge in [-0.1, -0.05) is 22.0 Å². The van der Waals surface area contributed by atoms with Crippen molar-refractivity contribution >= 4 is 21.8 Å². The molecule has 0 aliphatic heterocycles. The fourth-order valence-corrected chi connectivity index (χ4v) is 2.34. The molecule has 1 fully saturated rings. The van der Waals surface area contributed by atoms with Crippen LogP contribution in [-0.4, -0.2) is 37.0 Å². The Hall–Kier alpha value is -0.870. The Morgan fingerprint density at radius 3 is 2.89 bits per heavy atom. The second-order valence-corrected chi connectivity index (χ2v) is 5.84. The van der Waals surface area contributed by atoms with Crippen molar-refractivity contribution in [2.45, 2.75) is 25.8 Å². The fraction of sp³-hybridized carbons (Fsp3) is 0.500. The van der Waals surface area contributed by atoms with Crippen LogP contribution in [-0.2, 0) is 0 Å². The summed E-state index contributed by atoms with van der Waals surface area (Å²) >= 11 is 3.40. The van der Waals surface area contributed by atoms with Gasteiger partial charge in [0.15, 0.2) is 0 Å². The Labute approximate surface area is 117 Å². The summed E-state index contributed by atoms with van der Waals surface area (Å²) in [4.78, 5) is 14.3. The zero-order valence-electron chi connectivity index (χ0n) is 10.9. The molecule has 0 heterocycles. The van der Waals surface area contributed by atoms with Crippen molar-refractivity contribution in [2.24, 2.45) is 0 Å². The van der Waals surface area contributed by atoms with Crippen LogP contribution in [0.1, 0.15) is 28.8 Å². The Morgan fingerprint density at radius 1 is 1.50 bits per heavy atom. The molecule has 0 atom stereocenters. The maximum absolute atomic E-state index is 12.0. The van der Waals surface area contributed by atoms with E-state index in [0.29, 0.717) is 6.54 Å². The zero-order chi connectivity index (χ0) is 13.1. The number of likely N-dealkylation sites (N-methyl/N-ethyl adjacent to an activating group) is 1. The first-order valence-electron chi connectivity index (χ1n) is 6.32. The molecule has 1 aliphatic rings. The predicted octanol–water partition coefficient (Wildman–Crippen LogP) is 2.58. The Bertz CT molecular complexity index is 443. The third-order valence-corrected chi connectivity index (χ3v) is 3.86. The molecule has 0 unspecified atom stereocenters. The molecule has 1 N–H and O–H groups in total. The summed E-state index contributed by atoms with van der Waals surface area (Å²) in [5.41, 5.74) is 1.75. The number of carbonyl (C=O) groups is 1. The number of nitrogens with one attached hydrogen (secondary N) is 1. The Balaban J connectivity index is 1.85. The van der Waals surface area contributed by atoms with E-state index in [9.17, 15) is 4.79 Å². The monoisotopic (exact) mass is 310 g/mol.